The Hall–Kier alpha value is -1.39. The molecular formula is C15H15BrFNO. The lowest BCUT2D eigenvalue weighted by atomic mass is 10.1. The van der Waals surface area contributed by atoms with Crippen LogP contribution in [0.25, 0.3) is 0 Å². The molecule has 100 valence electrons. The Balaban J connectivity index is 2.05. The zero-order valence-electron chi connectivity index (χ0n) is 10.5. The number of aromatic hydroxyl groups is 1. The van der Waals surface area contributed by atoms with Crippen molar-refractivity contribution >= 4 is 15.9 Å². The van der Waals surface area contributed by atoms with Gasteiger partial charge in [0.1, 0.15) is 11.6 Å². The predicted molar refractivity (Wildman–Crippen MR) is 77.5 cm³/mol. The van der Waals surface area contributed by atoms with Crippen LogP contribution < -0.4 is 5.32 Å². The molecular weight excluding hydrogens is 309 g/mol. The Morgan fingerprint density at radius 1 is 1.26 bits per heavy atom. The third-order valence-corrected chi connectivity index (χ3v) is 3.44. The molecule has 0 fully saturated rings. The highest BCUT2D eigenvalue weighted by molar-refractivity contribution is 9.10. The molecule has 2 nitrogen and oxygen atoms in total. The van der Waals surface area contributed by atoms with Crippen molar-refractivity contribution in [3.8, 4) is 5.75 Å². The van der Waals surface area contributed by atoms with Gasteiger partial charge in [-0.25, -0.2) is 4.39 Å². The summed E-state index contributed by atoms with van der Waals surface area (Å²) in [7, 11) is 0. The number of benzene rings is 2. The van der Waals surface area contributed by atoms with E-state index in [2.05, 4.69) is 21.2 Å². The molecule has 4 heteroatoms. The molecule has 0 saturated carbocycles. The summed E-state index contributed by atoms with van der Waals surface area (Å²) in [5.41, 5.74) is 1.58. The number of hydrogen-bond donors (Lipinski definition) is 2. The summed E-state index contributed by atoms with van der Waals surface area (Å²) in [5, 5.41) is 12.6. The van der Waals surface area contributed by atoms with Crippen LogP contribution >= 0.6 is 15.9 Å². The first-order valence-corrected chi connectivity index (χ1v) is 6.82. The molecule has 0 heterocycles. The zero-order chi connectivity index (χ0) is 13.8. The highest BCUT2D eigenvalue weighted by Gasteiger charge is 2.10. The van der Waals surface area contributed by atoms with Crippen LogP contribution in [0, 0.1) is 5.82 Å². The van der Waals surface area contributed by atoms with Crippen molar-refractivity contribution in [3.05, 3.63) is 63.9 Å². The summed E-state index contributed by atoms with van der Waals surface area (Å²) in [6, 6.07) is 11.8. The number of phenols is 1. The highest BCUT2D eigenvalue weighted by Crippen LogP contribution is 2.22. The van der Waals surface area contributed by atoms with E-state index in [9.17, 15) is 9.50 Å². The molecule has 0 aromatic heterocycles. The fourth-order valence-electron chi connectivity index (χ4n) is 1.89. The van der Waals surface area contributed by atoms with E-state index < -0.39 is 0 Å². The van der Waals surface area contributed by atoms with Gasteiger partial charge >= 0.3 is 0 Å². The number of halogens is 2. The maximum Gasteiger partial charge on any atom is 0.128 e. The molecule has 0 spiro atoms. The number of nitrogens with one attached hydrogen (secondary N) is 1. The topological polar surface area (TPSA) is 32.3 Å². The third kappa shape index (κ3) is 3.78. The first-order chi connectivity index (χ1) is 9.06. The van der Waals surface area contributed by atoms with Crippen molar-refractivity contribution < 1.29 is 9.50 Å². The average Bonchev–Trinajstić information content (AvgIpc) is 2.39. The van der Waals surface area contributed by atoms with Gasteiger partial charge in [0.2, 0.25) is 0 Å². The predicted octanol–water partition coefficient (Wildman–Crippen LogP) is 4.14. The Bertz CT molecular complexity index is 574. The Kier molecular flexibility index (Phi) is 4.56. The summed E-state index contributed by atoms with van der Waals surface area (Å²) >= 11 is 3.34. The fourth-order valence-corrected chi connectivity index (χ4v) is 2.27. The summed E-state index contributed by atoms with van der Waals surface area (Å²) < 4.78 is 14.6. The summed E-state index contributed by atoms with van der Waals surface area (Å²) in [6.45, 7) is 2.48. The molecule has 2 aromatic carbocycles. The van der Waals surface area contributed by atoms with Gasteiger partial charge in [0.25, 0.3) is 0 Å². The zero-order valence-corrected chi connectivity index (χ0v) is 12.1. The molecule has 0 bridgehead atoms. The van der Waals surface area contributed by atoms with E-state index in [1.807, 2.05) is 13.0 Å². The smallest absolute Gasteiger partial charge is 0.128 e. The quantitative estimate of drug-likeness (QED) is 0.886. The number of hydrogen-bond acceptors (Lipinski definition) is 2. The van der Waals surface area contributed by atoms with Crippen molar-refractivity contribution in [1.82, 2.24) is 5.32 Å². The van der Waals surface area contributed by atoms with Crippen molar-refractivity contribution in [3.63, 3.8) is 0 Å². The minimum absolute atomic E-state index is 0.111. The van der Waals surface area contributed by atoms with Crippen molar-refractivity contribution in [1.29, 1.82) is 0 Å². The minimum atomic E-state index is -0.223. The van der Waals surface area contributed by atoms with Gasteiger partial charge in [-0.3, -0.25) is 0 Å². The molecule has 0 unspecified atom stereocenters. The van der Waals surface area contributed by atoms with E-state index in [1.165, 1.54) is 6.07 Å². The summed E-state index contributed by atoms with van der Waals surface area (Å²) in [5.74, 6) is 0.0136. The van der Waals surface area contributed by atoms with E-state index in [0.717, 1.165) is 10.0 Å². The molecule has 1 atom stereocenters. The van der Waals surface area contributed by atoms with Crippen LogP contribution in [0.1, 0.15) is 24.1 Å². The van der Waals surface area contributed by atoms with E-state index in [0.29, 0.717) is 12.1 Å². The molecule has 2 N–H and O–H groups in total. The van der Waals surface area contributed by atoms with Crippen LogP contribution in [0.2, 0.25) is 0 Å². The van der Waals surface area contributed by atoms with Crippen LogP contribution in [0.4, 0.5) is 4.39 Å². The lowest BCUT2D eigenvalue weighted by molar-refractivity contribution is 0.473. The van der Waals surface area contributed by atoms with Crippen molar-refractivity contribution in [2.75, 3.05) is 0 Å². The van der Waals surface area contributed by atoms with Crippen LogP contribution in [0.5, 0.6) is 5.75 Å². The van der Waals surface area contributed by atoms with Gasteiger partial charge < -0.3 is 10.4 Å². The maximum absolute atomic E-state index is 13.7. The summed E-state index contributed by atoms with van der Waals surface area (Å²) in [6.07, 6.45) is 0. The Morgan fingerprint density at radius 2 is 2.05 bits per heavy atom. The lowest BCUT2D eigenvalue weighted by Crippen LogP contribution is -2.19. The van der Waals surface area contributed by atoms with Gasteiger partial charge in [0, 0.05) is 22.6 Å². The van der Waals surface area contributed by atoms with Crippen molar-refractivity contribution in [2.45, 2.75) is 19.5 Å². The number of phenolic OH excluding ortho intramolecular Hbond substituents is 1. The molecule has 19 heavy (non-hydrogen) atoms. The summed E-state index contributed by atoms with van der Waals surface area (Å²) in [4.78, 5) is 0. The van der Waals surface area contributed by atoms with Gasteiger partial charge in [0.05, 0.1) is 0 Å². The van der Waals surface area contributed by atoms with Crippen LogP contribution in [0.15, 0.2) is 46.9 Å². The van der Waals surface area contributed by atoms with Gasteiger partial charge in [-0.05, 0) is 42.8 Å². The molecule has 0 amide bonds. The van der Waals surface area contributed by atoms with Gasteiger partial charge in [-0.1, -0.05) is 28.1 Å². The fraction of sp³-hybridized carbons (Fsp3) is 0.200. The second-order valence-corrected chi connectivity index (χ2v) is 5.35. The molecule has 2 aromatic rings. The van der Waals surface area contributed by atoms with E-state index in [-0.39, 0.29) is 17.6 Å². The SMILES string of the molecule is C[C@@H](NCc1cccc(O)c1)c1cc(Br)ccc1F. The molecule has 0 aliphatic heterocycles. The lowest BCUT2D eigenvalue weighted by Gasteiger charge is -2.15. The third-order valence-electron chi connectivity index (χ3n) is 2.95. The average molecular weight is 324 g/mol. The van der Waals surface area contributed by atoms with Crippen molar-refractivity contribution in [2.24, 2.45) is 0 Å². The van der Waals surface area contributed by atoms with Gasteiger partial charge in [-0.2, -0.15) is 0 Å². The second kappa shape index (κ2) is 6.17. The minimum Gasteiger partial charge on any atom is -0.508 e. The van der Waals surface area contributed by atoms with Crippen LogP contribution in [-0.2, 0) is 6.54 Å². The highest BCUT2D eigenvalue weighted by atomic mass is 79.9. The molecule has 0 aliphatic rings. The van der Waals surface area contributed by atoms with Gasteiger partial charge in [0.15, 0.2) is 0 Å². The van der Waals surface area contributed by atoms with E-state index >= 15 is 0 Å². The monoisotopic (exact) mass is 323 g/mol. The first-order valence-electron chi connectivity index (χ1n) is 6.02. The normalized spacial score (nSPS) is 12.4. The number of rotatable bonds is 4. The maximum atomic E-state index is 13.7. The Morgan fingerprint density at radius 3 is 2.79 bits per heavy atom. The van der Waals surface area contributed by atoms with Crippen LogP contribution in [-0.4, -0.2) is 5.11 Å². The Labute approximate surface area is 120 Å². The van der Waals surface area contributed by atoms with E-state index in [4.69, 9.17) is 0 Å². The molecule has 0 saturated heterocycles. The second-order valence-electron chi connectivity index (χ2n) is 4.44. The van der Waals surface area contributed by atoms with E-state index in [1.54, 1.807) is 30.3 Å². The molecule has 0 aliphatic carbocycles. The van der Waals surface area contributed by atoms with Crippen LogP contribution in [0.3, 0.4) is 0 Å². The largest absolute Gasteiger partial charge is 0.508 e. The molecule has 0 radical (unpaired) electrons. The standard InChI is InChI=1S/C15H15BrFNO/c1-10(14-8-12(16)5-6-15(14)17)18-9-11-3-2-4-13(19)7-11/h2-8,10,18-19H,9H2,1H3/t10-/m1/s1. The first kappa shape index (κ1) is 14.0. The van der Waals surface area contributed by atoms with Gasteiger partial charge in [-0.15, -0.1) is 0 Å². The molecule has 2 rings (SSSR count).